The normalized spacial score (nSPS) is 31.2. The molecule has 3 nitrogen and oxygen atoms in total. The van der Waals surface area contributed by atoms with Gasteiger partial charge in [-0.15, -0.1) is 11.8 Å². The highest BCUT2D eigenvalue weighted by atomic mass is 32.2. The van der Waals surface area contributed by atoms with Crippen LogP contribution in [0.1, 0.15) is 37.8 Å². The van der Waals surface area contributed by atoms with Gasteiger partial charge in [0.05, 0.1) is 10.6 Å². The Morgan fingerprint density at radius 1 is 1.29 bits per heavy atom. The highest BCUT2D eigenvalue weighted by molar-refractivity contribution is 8.00. The molecule has 3 aliphatic rings. The number of hydrogen-bond donors (Lipinski definition) is 0. The maximum Gasteiger partial charge on any atom is 0.146 e. The Labute approximate surface area is 106 Å². The van der Waals surface area contributed by atoms with Gasteiger partial charge in [0, 0.05) is 24.3 Å². The molecule has 1 aliphatic carbocycles. The first-order chi connectivity index (χ1) is 8.33. The summed E-state index contributed by atoms with van der Waals surface area (Å²) in [6.45, 7) is 4.69. The number of fused-ring (bicyclic) bond motifs is 3. The lowest BCUT2D eigenvalue weighted by Gasteiger charge is -2.32. The van der Waals surface area contributed by atoms with Gasteiger partial charge in [0.1, 0.15) is 12.1 Å². The Hall–Kier alpha value is -0.770. The van der Waals surface area contributed by atoms with Crippen molar-refractivity contribution in [2.24, 2.45) is 5.92 Å². The van der Waals surface area contributed by atoms with Crippen molar-refractivity contribution in [2.75, 3.05) is 18.0 Å². The molecule has 90 valence electrons. The molecule has 1 aromatic rings. The van der Waals surface area contributed by atoms with Crippen LogP contribution in [-0.2, 0) is 0 Å². The quantitative estimate of drug-likeness (QED) is 0.763. The fraction of sp³-hybridized carbons (Fsp3) is 0.692. The summed E-state index contributed by atoms with van der Waals surface area (Å²) in [4.78, 5) is 12.9. The van der Waals surface area contributed by atoms with E-state index >= 15 is 0 Å². The van der Waals surface area contributed by atoms with Crippen molar-refractivity contribution in [3.8, 4) is 0 Å². The van der Waals surface area contributed by atoms with E-state index in [0.29, 0.717) is 0 Å². The van der Waals surface area contributed by atoms with Gasteiger partial charge >= 0.3 is 0 Å². The molecule has 0 N–H and O–H groups in total. The molecule has 4 rings (SSSR count). The maximum atomic E-state index is 4.55. The first-order valence-electron chi connectivity index (χ1n) is 6.59. The number of aromatic nitrogens is 2. The van der Waals surface area contributed by atoms with Crippen LogP contribution in [-0.4, -0.2) is 28.3 Å². The molecule has 17 heavy (non-hydrogen) atoms. The van der Waals surface area contributed by atoms with Crippen molar-refractivity contribution in [3.05, 3.63) is 12.0 Å². The Morgan fingerprint density at radius 2 is 2.12 bits per heavy atom. The predicted molar refractivity (Wildman–Crippen MR) is 69.6 cm³/mol. The predicted octanol–water partition coefficient (Wildman–Crippen LogP) is 2.67. The van der Waals surface area contributed by atoms with E-state index < -0.39 is 0 Å². The fourth-order valence-corrected chi connectivity index (χ4v) is 4.45. The van der Waals surface area contributed by atoms with Crippen molar-refractivity contribution >= 4 is 17.6 Å². The number of rotatable bonds is 1. The maximum absolute atomic E-state index is 4.55. The van der Waals surface area contributed by atoms with Crippen LogP contribution in [0.3, 0.4) is 0 Å². The Morgan fingerprint density at radius 3 is 2.94 bits per heavy atom. The van der Waals surface area contributed by atoms with Crippen molar-refractivity contribution in [1.29, 1.82) is 0 Å². The van der Waals surface area contributed by atoms with E-state index in [-0.39, 0.29) is 0 Å². The Balaban J connectivity index is 1.66. The molecule has 0 spiro atoms. The van der Waals surface area contributed by atoms with Crippen LogP contribution in [0.4, 0.5) is 5.82 Å². The number of piperidine rings is 1. The third-order valence-corrected chi connectivity index (χ3v) is 5.70. The lowest BCUT2D eigenvalue weighted by atomic mass is 9.99. The molecule has 0 radical (unpaired) electrons. The van der Waals surface area contributed by atoms with E-state index in [1.165, 1.54) is 48.8 Å². The van der Waals surface area contributed by atoms with Crippen LogP contribution in [0.2, 0.25) is 0 Å². The summed E-state index contributed by atoms with van der Waals surface area (Å²) in [7, 11) is 0. The summed E-state index contributed by atoms with van der Waals surface area (Å²) in [6.07, 6.45) is 5.71. The van der Waals surface area contributed by atoms with Gasteiger partial charge in [0.15, 0.2) is 0 Å². The van der Waals surface area contributed by atoms with Gasteiger partial charge < -0.3 is 4.90 Å². The summed E-state index contributed by atoms with van der Waals surface area (Å²) in [6, 6.07) is 0. The number of hydrogen-bond acceptors (Lipinski definition) is 4. The third kappa shape index (κ3) is 1.57. The molecule has 1 aromatic heterocycles. The number of thioether (sulfide) groups is 1. The van der Waals surface area contributed by atoms with Gasteiger partial charge in [-0.2, -0.15) is 0 Å². The summed E-state index contributed by atoms with van der Waals surface area (Å²) < 4.78 is 0. The van der Waals surface area contributed by atoms with E-state index in [1.54, 1.807) is 6.33 Å². The SMILES string of the molecule is CC1CCN(c2ncnc3c2SC2CC32)CC1. The smallest absolute Gasteiger partial charge is 0.146 e. The summed E-state index contributed by atoms with van der Waals surface area (Å²) >= 11 is 2.02. The molecule has 2 unspecified atom stereocenters. The van der Waals surface area contributed by atoms with Crippen LogP contribution < -0.4 is 4.90 Å². The van der Waals surface area contributed by atoms with E-state index in [0.717, 1.165) is 17.1 Å². The standard InChI is InChI=1S/C13H17N3S/c1-8-2-4-16(5-3-8)13-12-11(14-7-15-13)9-6-10(9)17-12/h7-10H,2-6H2,1H3. The van der Waals surface area contributed by atoms with Crippen LogP contribution in [0.15, 0.2) is 11.2 Å². The topological polar surface area (TPSA) is 29.0 Å². The van der Waals surface area contributed by atoms with Gasteiger partial charge in [-0.05, 0) is 25.2 Å². The van der Waals surface area contributed by atoms with E-state index in [4.69, 9.17) is 0 Å². The molecule has 0 bridgehead atoms. The largest absolute Gasteiger partial charge is 0.356 e. The molecule has 1 saturated heterocycles. The van der Waals surface area contributed by atoms with Gasteiger partial charge in [-0.3, -0.25) is 0 Å². The molecule has 0 amide bonds. The van der Waals surface area contributed by atoms with Crippen molar-refractivity contribution in [3.63, 3.8) is 0 Å². The van der Waals surface area contributed by atoms with Crippen molar-refractivity contribution < 1.29 is 0 Å². The molecule has 2 fully saturated rings. The van der Waals surface area contributed by atoms with E-state index in [1.807, 2.05) is 11.8 Å². The minimum absolute atomic E-state index is 0.750. The molecular formula is C13H17N3S. The second kappa shape index (κ2) is 3.61. The minimum Gasteiger partial charge on any atom is -0.356 e. The van der Waals surface area contributed by atoms with Crippen molar-refractivity contribution in [1.82, 2.24) is 9.97 Å². The van der Waals surface area contributed by atoms with Gasteiger partial charge in [-0.1, -0.05) is 6.92 Å². The zero-order valence-corrected chi connectivity index (χ0v) is 10.9. The molecule has 3 heterocycles. The van der Waals surface area contributed by atoms with Crippen LogP contribution >= 0.6 is 11.8 Å². The number of anilines is 1. The lowest BCUT2D eigenvalue weighted by molar-refractivity contribution is 0.435. The Bertz CT molecular complexity index is 454. The van der Waals surface area contributed by atoms with Crippen LogP contribution in [0.25, 0.3) is 0 Å². The average Bonchev–Trinajstić information content (AvgIpc) is 3.03. The summed E-state index contributed by atoms with van der Waals surface area (Å²) in [5, 5.41) is 0.823. The lowest BCUT2D eigenvalue weighted by Crippen LogP contribution is -2.33. The summed E-state index contributed by atoms with van der Waals surface area (Å²) in [5.74, 6) is 2.85. The van der Waals surface area contributed by atoms with Crippen LogP contribution in [0, 0.1) is 5.92 Å². The molecule has 2 aliphatic heterocycles. The average molecular weight is 247 g/mol. The number of nitrogens with zero attached hydrogens (tertiary/aromatic N) is 3. The first-order valence-corrected chi connectivity index (χ1v) is 7.47. The fourth-order valence-electron chi connectivity index (χ4n) is 2.94. The molecular weight excluding hydrogens is 230 g/mol. The van der Waals surface area contributed by atoms with Gasteiger partial charge in [-0.25, -0.2) is 9.97 Å². The summed E-state index contributed by atoms with van der Waals surface area (Å²) in [5.41, 5.74) is 1.34. The molecule has 4 heteroatoms. The molecule has 1 saturated carbocycles. The highest BCUT2D eigenvalue weighted by Gasteiger charge is 2.49. The van der Waals surface area contributed by atoms with Crippen molar-refractivity contribution in [2.45, 2.75) is 42.2 Å². The van der Waals surface area contributed by atoms with E-state index in [2.05, 4.69) is 21.8 Å². The van der Waals surface area contributed by atoms with Crippen LogP contribution in [0.5, 0.6) is 0 Å². The van der Waals surface area contributed by atoms with Gasteiger partial charge in [0.25, 0.3) is 0 Å². The first kappa shape index (κ1) is 10.2. The second-order valence-electron chi connectivity index (χ2n) is 5.58. The van der Waals surface area contributed by atoms with E-state index in [9.17, 15) is 0 Å². The molecule has 0 aromatic carbocycles. The monoisotopic (exact) mass is 247 g/mol. The minimum atomic E-state index is 0.750. The Kier molecular flexibility index (Phi) is 2.16. The highest BCUT2D eigenvalue weighted by Crippen LogP contribution is 2.61. The zero-order valence-electron chi connectivity index (χ0n) is 10.1. The second-order valence-corrected chi connectivity index (χ2v) is 6.83. The van der Waals surface area contributed by atoms with Gasteiger partial charge in [0.2, 0.25) is 0 Å². The zero-order chi connectivity index (χ0) is 11.4. The third-order valence-electron chi connectivity index (χ3n) is 4.25. The molecule has 2 atom stereocenters.